The standard InChI is InChI=1S/C25H23ClF3N3O4S/c1-13-31-23(25(27,28)29)22(37-13)24(34)30-12-20(33)32-9-8-14-10-18(35-2)19(36-3)11-16(14)21(32)15-6-4-5-7-17(15)26/h4-7,10-11,21H,8-9,12H2,1-3H3,(H,30,34). The van der Waals surface area contributed by atoms with Crippen molar-refractivity contribution in [3.8, 4) is 11.5 Å². The Morgan fingerprint density at radius 1 is 1.16 bits per heavy atom. The molecule has 196 valence electrons. The number of thiazole rings is 1. The van der Waals surface area contributed by atoms with Gasteiger partial charge in [-0.25, -0.2) is 4.98 Å². The molecule has 0 aliphatic carbocycles. The lowest BCUT2D eigenvalue weighted by Crippen LogP contribution is -2.45. The van der Waals surface area contributed by atoms with E-state index in [1.165, 1.54) is 21.1 Å². The average molecular weight is 554 g/mol. The Hall–Kier alpha value is -3.31. The fourth-order valence-corrected chi connectivity index (χ4v) is 5.45. The van der Waals surface area contributed by atoms with E-state index in [2.05, 4.69) is 10.3 Å². The molecule has 3 aromatic rings. The van der Waals surface area contributed by atoms with Gasteiger partial charge in [-0.05, 0) is 48.2 Å². The Labute approximate surface area is 220 Å². The third-order valence-electron chi connectivity index (χ3n) is 6.00. The number of aromatic nitrogens is 1. The van der Waals surface area contributed by atoms with Crippen LogP contribution in [0.1, 0.15) is 43.1 Å². The summed E-state index contributed by atoms with van der Waals surface area (Å²) in [6, 6.07) is 10.1. The second-order valence-corrected chi connectivity index (χ2v) is 9.87. The van der Waals surface area contributed by atoms with Gasteiger partial charge in [0.15, 0.2) is 17.2 Å². The monoisotopic (exact) mass is 553 g/mol. The smallest absolute Gasteiger partial charge is 0.435 e. The largest absolute Gasteiger partial charge is 0.493 e. The lowest BCUT2D eigenvalue weighted by atomic mass is 9.87. The molecule has 1 aliphatic heterocycles. The van der Waals surface area contributed by atoms with Crippen LogP contribution in [0.25, 0.3) is 0 Å². The van der Waals surface area contributed by atoms with Gasteiger partial charge in [0.25, 0.3) is 5.91 Å². The van der Waals surface area contributed by atoms with Crippen LogP contribution < -0.4 is 14.8 Å². The molecular formula is C25H23ClF3N3O4S. The predicted molar refractivity (Wildman–Crippen MR) is 132 cm³/mol. The fraction of sp³-hybridized carbons (Fsp3) is 0.320. The summed E-state index contributed by atoms with van der Waals surface area (Å²) in [4.78, 5) is 30.4. The normalized spacial score (nSPS) is 15.2. The molecule has 1 aliphatic rings. The molecule has 0 spiro atoms. The number of amides is 2. The van der Waals surface area contributed by atoms with Gasteiger partial charge in [0, 0.05) is 11.6 Å². The molecule has 2 heterocycles. The Morgan fingerprint density at radius 2 is 1.84 bits per heavy atom. The van der Waals surface area contributed by atoms with Crippen molar-refractivity contribution in [2.45, 2.75) is 25.6 Å². The van der Waals surface area contributed by atoms with Crippen molar-refractivity contribution in [1.82, 2.24) is 15.2 Å². The number of nitrogens with one attached hydrogen (secondary N) is 1. The van der Waals surface area contributed by atoms with E-state index in [4.69, 9.17) is 21.1 Å². The zero-order valence-electron chi connectivity index (χ0n) is 20.1. The highest BCUT2D eigenvalue weighted by molar-refractivity contribution is 7.13. The zero-order valence-corrected chi connectivity index (χ0v) is 21.7. The van der Waals surface area contributed by atoms with E-state index in [1.807, 2.05) is 6.07 Å². The summed E-state index contributed by atoms with van der Waals surface area (Å²) in [6.45, 7) is 1.17. The van der Waals surface area contributed by atoms with E-state index < -0.39 is 41.1 Å². The molecule has 1 atom stereocenters. The van der Waals surface area contributed by atoms with Crippen molar-refractivity contribution in [3.05, 3.63) is 73.7 Å². The quantitative estimate of drug-likeness (QED) is 0.462. The number of ether oxygens (including phenoxy) is 2. The first kappa shape index (κ1) is 26.7. The van der Waals surface area contributed by atoms with Gasteiger partial charge < -0.3 is 19.7 Å². The van der Waals surface area contributed by atoms with Gasteiger partial charge in [-0.3, -0.25) is 9.59 Å². The summed E-state index contributed by atoms with van der Waals surface area (Å²) >= 11 is 7.14. The van der Waals surface area contributed by atoms with Crippen molar-refractivity contribution in [2.75, 3.05) is 27.3 Å². The summed E-state index contributed by atoms with van der Waals surface area (Å²) in [5.41, 5.74) is 1.11. The molecule has 0 fully saturated rings. The van der Waals surface area contributed by atoms with Gasteiger partial charge in [0.05, 0.1) is 31.8 Å². The number of hydrogen-bond donors (Lipinski definition) is 1. The maximum Gasteiger partial charge on any atom is 0.435 e. The van der Waals surface area contributed by atoms with Gasteiger partial charge in [-0.1, -0.05) is 29.8 Å². The molecule has 1 aromatic heterocycles. The Balaban J connectivity index is 1.65. The highest BCUT2D eigenvalue weighted by atomic mass is 35.5. The number of carbonyl (C=O) groups is 2. The summed E-state index contributed by atoms with van der Waals surface area (Å²) in [5.74, 6) is -0.467. The average Bonchev–Trinajstić information content (AvgIpc) is 3.28. The highest BCUT2D eigenvalue weighted by Gasteiger charge is 2.40. The number of hydrogen-bond acceptors (Lipinski definition) is 6. The zero-order chi connectivity index (χ0) is 26.9. The molecule has 4 rings (SSSR count). The Morgan fingerprint density at radius 3 is 2.49 bits per heavy atom. The SMILES string of the molecule is COc1cc2c(cc1OC)C(c1ccccc1Cl)N(C(=O)CNC(=O)c1sc(C)nc1C(F)(F)F)CC2. The van der Waals surface area contributed by atoms with Crippen LogP contribution in [-0.2, 0) is 17.4 Å². The van der Waals surface area contributed by atoms with E-state index in [0.717, 1.165) is 11.1 Å². The van der Waals surface area contributed by atoms with Crippen LogP contribution in [0, 0.1) is 6.92 Å². The number of methoxy groups -OCH3 is 2. The van der Waals surface area contributed by atoms with E-state index in [0.29, 0.717) is 46.4 Å². The van der Waals surface area contributed by atoms with E-state index in [9.17, 15) is 22.8 Å². The molecule has 0 saturated heterocycles. The molecule has 37 heavy (non-hydrogen) atoms. The number of halogens is 4. The number of rotatable bonds is 6. The van der Waals surface area contributed by atoms with Crippen molar-refractivity contribution in [2.24, 2.45) is 0 Å². The molecule has 1 unspecified atom stereocenters. The van der Waals surface area contributed by atoms with Gasteiger partial charge in [0.1, 0.15) is 4.88 Å². The molecular weight excluding hydrogens is 531 g/mol. The number of fused-ring (bicyclic) bond motifs is 1. The number of carbonyl (C=O) groups excluding carboxylic acids is 2. The number of alkyl halides is 3. The molecule has 0 radical (unpaired) electrons. The predicted octanol–water partition coefficient (Wildman–Crippen LogP) is 5.05. The van der Waals surface area contributed by atoms with Gasteiger partial charge in [-0.2, -0.15) is 13.2 Å². The molecule has 1 N–H and O–H groups in total. The summed E-state index contributed by atoms with van der Waals surface area (Å²) < 4.78 is 50.8. The van der Waals surface area contributed by atoms with Gasteiger partial charge in [0.2, 0.25) is 5.91 Å². The van der Waals surface area contributed by atoms with Crippen LogP contribution >= 0.6 is 22.9 Å². The molecule has 2 aromatic carbocycles. The van der Waals surface area contributed by atoms with Crippen molar-refractivity contribution < 1.29 is 32.2 Å². The molecule has 7 nitrogen and oxygen atoms in total. The van der Waals surface area contributed by atoms with E-state index in [1.54, 1.807) is 35.2 Å². The summed E-state index contributed by atoms with van der Waals surface area (Å²) in [7, 11) is 3.04. The molecule has 0 saturated carbocycles. The molecule has 0 bridgehead atoms. The summed E-state index contributed by atoms with van der Waals surface area (Å²) in [6.07, 6.45) is -4.30. The first-order valence-electron chi connectivity index (χ1n) is 11.2. The first-order valence-corrected chi connectivity index (χ1v) is 12.4. The van der Waals surface area contributed by atoms with Crippen LogP contribution in [0.15, 0.2) is 36.4 Å². The third kappa shape index (κ3) is 5.37. The van der Waals surface area contributed by atoms with E-state index >= 15 is 0 Å². The first-order chi connectivity index (χ1) is 17.5. The Bertz CT molecular complexity index is 1350. The minimum absolute atomic E-state index is 0.0968. The topological polar surface area (TPSA) is 80.8 Å². The molecule has 12 heteroatoms. The van der Waals surface area contributed by atoms with Crippen LogP contribution in [0.2, 0.25) is 5.02 Å². The number of benzene rings is 2. The van der Waals surface area contributed by atoms with Crippen molar-refractivity contribution in [1.29, 1.82) is 0 Å². The van der Waals surface area contributed by atoms with Gasteiger partial charge >= 0.3 is 6.18 Å². The maximum atomic E-state index is 13.4. The Kier molecular flexibility index (Phi) is 7.65. The summed E-state index contributed by atoms with van der Waals surface area (Å²) in [5, 5.41) is 2.87. The van der Waals surface area contributed by atoms with E-state index in [-0.39, 0.29) is 5.01 Å². The third-order valence-corrected chi connectivity index (χ3v) is 7.32. The fourth-order valence-electron chi connectivity index (χ4n) is 4.36. The van der Waals surface area contributed by atoms with Crippen LogP contribution in [0.5, 0.6) is 11.5 Å². The maximum absolute atomic E-state index is 13.4. The molecule has 2 amide bonds. The minimum Gasteiger partial charge on any atom is -0.493 e. The van der Waals surface area contributed by atoms with Crippen molar-refractivity contribution >= 4 is 34.8 Å². The lowest BCUT2D eigenvalue weighted by Gasteiger charge is -2.38. The minimum atomic E-state index is -4.78. The van der Waals surface area contributed by atoms with Crippen LogP contribution in [0.4, 0.5) is 13.2 Å². The van der Waals surface area contributed by atoms with Crippen LogP contribution in [-0.4, -0.2) is 49.0 Å². The number of nitrogens with zero attached hydrogens (tertiary/aromatic N) is 2. The van der Waals surface area contributed by atoms with Crippen LogP contribution in [0.3, 0.4) is 0 Å². The lowest BCUT2D eigenvalue weighted by molar-refractivity contribution is -0.141. The number of aryl methyl sites for hydroxylation is 1. The second-order valence-electron chi connectivity index (χ2n) is 8.26. The highest BCUT2D eigenvalue weighted by Crippen LogP contribution is 2.42. The van der Waals surface area contributed by atoms with Gasteiger partial charge in [-0.15, -0.1) is 11.3 Å². The van der Waals surface area contributed by atoms with Crippen molar-refractivity contribution in [3.63, 3.8) is 0 Å². The second kappa shape index (κ2) is 10.6.